The molecule has 2 unspecified atom stereocenters. The van der Waals surface area contributed by atoms with Crippen molar-refractivity contribution in [1.29, 1.82) is 0 Å². The number of rotatable bonds is 12. The summed E-state index contributed by atoms with van der Waals surface area (Å²) >= 11 is 0. The molecule has 0 heterocycles. The van der Waals surface area contributed by atoms with E-state index in [0.717, 1.165) is 24.3 Å². The fourth-order valence-corrected chi connectivity index (χ4v) is 6.06. The van der Waals surface area contributed by atoms with Crippen molar-refractivity contribution in [1.82, 2.24) is 10.6 Å². The van der Waals surface area contributed by atoms with Gasteiger partial charge in [-0.1, -0.05) is 0 Å². The van der Waals surface area contributed by atoms with Crippen LogP contribution in [0.2, 0.25) is 0 Å². The number of benzene rings is 2. The van der Waals surface area contributed by atoms with Crippen molar-refractivity contribution >= 4 is 44.8 Å². The highest BCUT2D eigenvalue weighted by molar-refractivity contribution is 7.91. The van der Waals surface area contributed by atoms with Crippen molar-refractivity contribution in [2.75, 3.05) is 40.5 Å². The van der Waals surface area contributed by atoms with Gasteiger partial charge in [0.15, 0.2) is 35.0 Å². The fourth-order valence-electron chi connectivity index (χ4n) is 4.75. The van der Waals surface area contributed by atoms with Gasteiger partial charge in [0.1, 0.15) is 0 Å². The van der Waals surface area contributed by atoms with Crippen molar-refractivity contribution in [2.24, 2.45) is 11.8 Å². The maximum atomic E-state index is 13.5. The molecule has 0 bridgehead atoms. The molecule has 12 nitrogen and oxygen atoms in total. The van der Waals surface area contributed by atoms with Gasteiger partial charge in [0, 0.05) is 62.8 Å². The van der Waals surface area contributed by atoms with Crippen LogP contribution in [0.15, 0.2) is 46.2 Å². The Balaban J connectivity index is 1.56. The second kappa shape index (κ2) is 12.2. The average Bonchev–Trinajstić information content (AvgIpc) is 3.36. The number of ketones is 4. The maximum Gasteiger partial charge on any atom is 0.238 e. The predicted octanol–water partition coefficient (Wildman–Crippen LogP) is 0.815. The van der Waals surface area contributed by atoms with Gasteiger partial charge in [-0.25, -0.2) is 8.42 Å². The van der Waals surface area contributed by atoms with E-state index >= 15 is 0 Å². The van der Waals surface area contributed by atoms with Gasteiger partial charge >= 0.3 is 0 Å². The molecule has 0 aromatic heterocycles. The summed E-state index contributed by atoms with van der Waals surface area (Å²) in [4.78, 5) is 75.9. The summed E-state index contributed by atoms with van der Waals surface area (Å²) in [5, 5.41) is 5.03. The number of hydrogen-bond acceptors (Lipinski definition) is 10. The number of hydrogen-bond donors (Lipinski definition) is 2. The normalized spacial score (nSPS) is 17.9. The summed E-state index contributed by atoms with van der Waals surface area (Å²) in [6.07, 6.45) is 0.947. The molecule has 0 fully saturated rings. The molecular formula is C28H28N2O10S. The van der Waals surface area contributed by atoms with Crippen molar-refractivity contribution < 1.29 is 46.7 Å². The molecule has 2 aromatic carbocycles. The summed E-state index contributed by atoms with van der Waals surface area (Å²) in [6, 6.07) is 6.67. The highest BCUT2D eigenvalue weighted by atomic mass is 32.2. The first-order valence-corrected chi connectivity index (χ1v) is 14.3. The molecule has 0 aliphatic heterocycles. The summed E-state index contributed by atoms with van der Waals surface area (Å²) in [7, 11) is -1.34. The first kappa shape index (κ1) is 29.9. The van der Waals surface area contributed by atoms with Gasteiger partial charge in [-0.2, -0.15) is 0 Å². The van der Waals surface area contributed by atoms with E-state index in [1.54, 1.807) is 0 Å². The summed E-state index contributed by atoms with van der Waals surface area (Å²) in [5.74, 6) is -7.90. The minimum Gasteiger partial charge on any atom is -0.385 e. The molecule has 0 radical (unpaired) electrons. The van der Waals surface area contributed by atoms with Crippen LogP contribution in [0.1, 0.15) is 54.3 Å². The van der Waals surface area contributed by atoms with Gasteiger partial charge in [-0.15, -0.1) is 0 Å². The number of carbonyl (C=O) groups is 6. The van der Waals surface area contributed by atoms with Crippen molar-refractivity contribution in [3.63, 3.8) is 0 Å². The predicted molar refractivity (Wildman–Crippen MR) is 142 cm³/mol. The molecule has 2 atom stereocenters. The molecule has 0 saturated carbocycles. The third-order valence-electron chi connectivity index (χ3n) is 6.89. The molecule has 2 aliphatic carbocycles. The number of sulfone groups is 1. The van der Waals surface area contributed by atoms with Crippen LogP contribution in [0.25, 0.3) is 0 Å². The molecule has 0 spiro atoms. The van der Waals surface area contributed by atoms with Crippen LogP contribution in [-0.4, -0.2) is 83.9 Å². The largest absolute Gasteiger partial charge is 0.385 e. The van der Waals surface area contributed by atoms with Crippen molar-refractivity contribution in [3.8, 4) is 0 Å². The van der Waals surface area contributed by atoms with E-state index in [1.165, 1.54) is 26.4 Å². The third-order valence-corrected chi connectivity index (χ3v) is 8.64. The van der Waals surface area contributed by atoms with Crippen molar-refractivity contribution in [3.05, 3.63) is 58.7 Å². The molecule has 13 heteroatoms. The molecule has 2 aromatic rings. The number of amides is 2. The highest BCUT2D eigenvalue weighted by Gasteiger charge is 2.45. The van der Waals surface area contributed by atoms with Gasteiger partial charge in [-0.3, -0.25) is 28.8 Å². The fraction of sp³-hybridized carbons (Fsp3) is 0.357. The quantitative estimate of drug-likeness (QED) is 0.268. The number of ether oxygens (including phenoxy) is 2. The van der Waals surface area contributed by atoms with Crippen LogP contribution in [0, 0.1) is 11.8 Å². The monoisotopic (exact) mass is 584 g/mol. The minimum absolute atomic E-state index is 0.0694. The zero-order valence-corrected chi connectivity index (χ0v) is 23.2. The van der Waals surface area contributed by atoms with Crippen LogP contribution in [0.4, 0.5) is 0 Å². The highest BCUT2D eigenvalue weighted by Crippen LogP contribution is 2.34. The zero-order chi connectivity index (χ0) is 29.9. The summed E-state index contributed by atoms with van der Waals surface area (Å²) < 4.78 is 36.7. The smallest absolute Gasteiger partial charge is 0.238 e. The van der Waals surface area contributed by atoms with Crippen LogP contribution in [0.5, 0.6) is 0 Å². The van der Waals surface area contributed by atoms with Crippen LogP contribution >= 0.6 is 0 Å². The van der Waals surface area contributed by atoms with Crippen LogP contribution in [0.3, 0.4) is 0 Å². The lowest BCUT2D eigenvalue weighted by Gasteiger charge is -2.08. The Morgan fingerprint density at radius 3 is 1.39 bits per heavy atom. The Hall–Kier alpha value is -4.07. The number of Topliss-reactive ketones (excluding diaryl/α,β-unsaturated/α-hetero) is 4. The zero-order valence-electron chi connectivity index (χ0n) is 22.4. The molecule has 2 N–H and O–H groups in total. The lowest BCUT2D eigenvalue weighted by molar-refractivity contribution is -0.123. The summed E-state index contributed by atoms with van der Waals surface area (Å²) in [5.41, 5.74) is -0.545. The molecule has 41 heavy (non-hydrogen) atoms. The average molecular weight is 585 g/mol. The maximum absolute atomic E-state index is 13.5. The second-order valence-electron chi connectivity index (χ2n) is 9.52. The van der Waals surface area contributed by atoms with Gasteiger partial charge in [0.2, 0.25) is 21.7 Å². The Morgan fingerprint density at radius 1 is 0.659 bits per heavy atom. The Kier molecular flexibility index (Phi) is 8.90. The Bertz CT molecular complexity index is 1450. The van der Waals surface area contributed by atoms with Crippen LogP contribution in [-0.2, 0) is 28.9 Å². The number of carbonyl (C=O) groups excluding carboxylic acids is 6. The minimum atomic E-state index is -4.34. The first-order valence-electron chi connectivity index (χ1n) is 12.8. The lowest BCUT2D eigenvalue weighted by atomic mass is 10.0. The van der Waals surface area contributed by atoms with E-state index in [0.29, 0.717) is 26.1 Å². The lowest BCUT2D eigenvalue weighted by Crippen LogP contribution is -2.37. The van der Waals surface area contributed by atoms with E-state index in [9.17, 15) is 37.2 Å². The molecular weight excluding hydrogens is 556 g/mol. The third kappa shape index (κ3) is 5.60. The molecule has 4 rings (SSSR count). The number of methoxy groups -OCH3 is 2. The van der Waals surface area contributed by atoms with E-state index in [-0.39, 0.29) is 45.1 Å². The van der Waals surface area contributed by atoms with Gasteiger partial charge in [0.25, 0.3) is 0 Å². The van der Waals surface area contributed by atoms with E-state index in [1.807, 2.05) is 0 Å². The molecule has 2 amide bonds. The SMILES string of the molecule is COCCCNC(=O)C1C(=O)c2ccc(S(=O)(=O)c3ccc4c(c3)C(=O)C(C(=O)NCCCOC)C4=O)cc2C1=O. The van der Waals surface area contributed by atoms with Crippen LogP contribution < -0.4 is 10.6 Å². The number of fused-ring (bicyclic) bond motifs is 2. The summed E-state index contributed by atoms with van der Waals surface area (Å²) in [6.45, 7) is 1.13. The van der Waals surface area contributed by atoms with E-state index in [2.05, 4.69) is 10.6 Å². The standard InChI is InChI=1S/C28H28N2O10S/c1-39-11-3-9-29-27(35)21-23(31)17-7-5-15(13-19(17)25(21)33)41(37,38)16-6-8-18-20(14-16)26(34)22(24(18)32)28(36)30-10-4-12-40-2/h5-8,13-14,21-22H,3-4,9-12H2,1-2H3,(H,29,35)(H,30,36). The second-order valence-corrected chi connectivity index (χ2v) is 11.5. The Labute approximate surface area is 235 Å². The van der Waals surface area contributed by atoms with Gasteiger partial charge < -0.3 is 20.1 Å². The number of nitrogens with one attached hydrogen (secondary N) is 2. The van der Waals surface area contributed by atoms with E-state index < -0.39 is 56.6 Å². The van der Waals surface area contributed by atoms with Gasteiger partial charge in [-0.05, 0) is 49.2 Å². The topological polar surface area (TPSA) is 179 Å². The Morgan fingerprint density at radius 2 is 1.02 bits per heavy atom. The molecule has 2 aliphatic rings. The van der Waals surface area contributed by atoms with E-state index in [4.69, 9.17) is 9.47 Å². The molecule has 216 valence electrons. The van der Waals surface area contributed by atoms with Crippen molar-refractivity contribution in [2.45, 2.75) is 22.6 Å². The first-order chi connectivity index (χ1) is 19.5. The van der Waals surface area contributed by atoms with Gasteiger partial charge in [0.05, 0.1) is 9.79 Å². The molecule has 0 saturated heterocycles.